The molecule has 8 heteroatoms. The Bertz CT molecular complexity index is 829. The third-order valence-corrected chi connectivity index (χ3v) is 6.47. The van der Waals surface area contributed by atoms with Crippen LogP contribution in [0.5, 0.6) is 0 Å². The quantitative estimate of drug-likeness (QED) is 0.656. The van der Waals surface area contributed by atoms with E-state index < -0.39 is 24.4 Å². The van der Waals surface area contributed by atoms with E-state index in [0.29, 0.717) is 12.8 Å². The minimum Gasteiger partial charge on any atom is -0.356 e. The molecule has 2 aliphatic heterocycles. The first kappa shape index (κ1) is 20.8. The van der Waals surface area contributed by atoms with E-state index >= 15 is 0 Å². The van der Waals surface area contributed by atoms with Gasteiger partial charge in [0.2, 0.25) is 17.7 Å². The Morgan fingerprint density at radius 1 is 1.13 bits per heavy atom. The number of hydrogen-bond acceptors (Lipinski definition) is 5. The number of rotatable bonds is 5. The van der Waals surface area contributed by atoms with E-state index in [0.717, 1.165) is 19.3 Å². The molecule has 30 heavy (non-hydrogen) atoms. The lowest BCUT2D eigenvalue weighted by atomic mass is 9.87. The van der Waals surface area contributed by atoms with Crippen LogP contribution >= 0.6 is 0 Å². The van der Waals surface area contributed by atoms with Crippen molar-refractivity contribution in [3.63, 3.8) is 0 Å². The van der Waals surface area contributed by atoms with Gasteiger partial charge in [0, 0.05) is 0 Å². The van der Waals surface area contributed by atoms with E-state index in [-0.39, 0.29) is 30.4 Å². The van der Waals surface area contributed by atoms with Crippen LogP contribution in [-0.4, -0.2) is 60.6 Å². The molecule has 3 aliphatic rings. The largest absolute Gasteiger partial charge is 0.356 e. The number of benzene rings is 1. The smallest absolute Gasteiger partial charge is 0.250 e. The Morgan fingerprint density at radius 2 is 1.93 bits per heavy atom. The standard InChI is InChI=1S/C22H30N4O4/c1-13(23-2)20(27)25-17-12-30-19-11-10-18(26(19)22(17)29)21(28)24-16-9-5-7-14-6-3-4-8-15(14)16/h3-4,6,8,13,16-19,23H,5,7,9-12H2,1-2H3,(H,24,28)(H,25,27)/t13-,16-,17-,18?,19-/m0/s1. The van der Waals surface area contributed by atoms with Gasteiger partial charge in [-0.1, -0.05) is 24.3 Å². The van der Waals surface area contributed by atoms with Crippen LogP contribution in [0.25, 0.3) is 0 Å². The van der Waals surface area contributed by atoms with Gasteiger partial charge in [-0.15, -0.1) is 0 Å². The number of carbonyl (C=O) groups is 3. The molecule has 162 valence electrons. The average Bonchev–Trinajstić information content (AvgIpc) is 3.20. The summed E-state index contributed by atoms with van der Waals surface area (Å²) in [4.78, 5) is 40.0. The van der Waals surface area contributed by atoms with E-state index in [1.54, 1.807) is 14.0 Å². The Balaban J connectivity index is 1.44. The predicted molar refractivity (Wildman–Crippen MR) is 110 cm³/mol. The van der Waals surface area contributed by atoms with Crippen LogP contribution in [0.15, 0.2) is 24.3 Å². The summed E-state index contributed by atoms with van der Waals surface area (Å²) in [6, 6.07) is 6.41. The normalized spacial score (nSPS) is 29.0. The van der Waals surface area contributed by atoms with E-state index in [9.17, 15) is 14.4 Å². The van der Waals surface area contributed by atoms with E-state index in [1.807, 2.05) is 12.1 Å². The summed E-state index contributed by atoms with van der Waals surface area (Å²) in [6.07, 6.45) is 3.73. The van der Waals surface area contributed by atoms with E-state index in [1.165, 1.54) is 16.0 Å². The molecule has 3 amide bonds. The first-order valence-electron chi connectivity index (χ1n) is 10.8. The highest BCUT2D eigenvalue weighted by atomic mass is 16.5. The van der Waals surface area contributed by atoms with Crippen molar-refractivity contribution in [2.24, 2.45) is 0 Å². The highest BCUT2D eigenvalue weighted by molar-refractivity contribution is 5.94. The number of nitrogens with one attached hydrogen (secondary N) is 3. The fraction of sp³-hybridized carbons (Fsp3) is 0.591. The summed E-state index contributed by atoms with van der Waals surface area (Å²) in [6.45, 7) is 1.85. The molecule has 1 aromatic carbocycles. The Labute approximate surface area is 176 Å². The minimum atomic E-state index is -0.770. The highest BCUT2D eigenvalue weighted by Gasteiger charge is 2.47. The van der Waals surface area contributed by atoms with Crippen LogP contribution in [0.3, 0.4) is 0 Å². The number of fused-ring (bicyclic) bond motifs is 2. The van der Waals surface area contributed by atoms with Crippen LogP contribution in [0, 0.1) is 0 Å². The highest BCUT2D eigenvalue weighted by Crippen LogP contribution is 2.32. The number of carbonyl (C=O) groups excluding carboxylic acids is 3. The van der Waals surface area contributed by atoms with Gasteiger partial charge in [-0.25, -0.2) is 0 Å². The summed E-state index contributed by atoms with van der Waals surface area (Å²) in [5, 5.41) is 8.76. The zero-order chi connectivity index (χ0) is 21.3. The molecule has 1 unspecified atom stereocenters. The third-order valence-electron chi connectivity index (χ3n) is 6.47. The Morgan fingerprint density at radius 3 is 2.73 bits per heavy atom. The first-order chi connectivity index (χ1) is 14.5. The summed E-state index contributed by atoms with van der Waals surface area (Å²) in [5.41, 5.74) is 2.44. The molecule has 0 aromatic heterocycles. The second kappa shape index (κ2) is 8.73. The molecule has 0 radical (unpaired) electrons. The number of aryl methyl sites for hydroxylation is 1. The molecule has 0 saturated carbocycles. The molecule has 0 spiro atoms. The summed E-state index contributed by atoms with van der Waals surface area (Å²) < 4.78 is 5.82. The Kier molecular flexibility index (Phi) is 6.06. The van der Waals surface area contributed by atoms with Gasteiger partial charge in [0.05, 0.1) is 18.7 Å². The lowest BCUT2D eigenvalue weighted by Crippen LogP contribution is -2.62. The average molecular weight is 415 g/mol. The molecule has 1 aromatic rings. The zero-order valence-corrected chi connectivity index (χ0v) is 17.5. The third kappa shape index (κ3) is 3.94. The van der Waals surface area contributed by atoms with Crippen LogP contribution in [-0.2, 0) is 25.5 Å². The van der Waals surface area contributed by atoms with Gasteiger partial charge >= 0.3 is 0 Å². The molecule has 1 aliphatic carbocycles. The number of likely N-dealkylation sites (N-methyl/N-ethyl adjacent to an activating group) is 1. The van der Waals surface area contributed by atoms with Gasteiger partial charge in [-0.2, -0.15) is 0 Å². The molecule has 8 nitrogen and oxygen atoms in total. The maximum atomic E-state index is 13.1. The second-order valence-corrected chi connectivity index (χ2v) is 8.35. The monoisotopic (exact) mass is 414 g/mol. The zero-order valence-electron chi connectivity index (χ0n) is 17.5. The predicted octanol–water partition coefficient (Wildman–Crippen LogP) is 0.620. The van der Waals surface area contributed by atoms with E-state index in [4.69, 9.17) is 4.74 Å². The molecule has 0 bridgehead atoms. The lowest BCUT2D eigenvalue weighted by molar-refractivity contribution is -0.167. The van der Waals surface area contributed by atoms with Gasteiger partial charge in [0.15, 0.2) is 0 Å². The van der Waals surface area contributed by atoms with Crippen molar-refractivity contribution in [1.82, 2.24) is 20.9 Å². The van der Waals surface area contributed by atoms with Crippen LogP contribution in [0.1, 0.15) is 49.8 Å². The van der Waals surface area contributed by atoms with Crippen LogP contribution in [0.2, 0.25) is 0 Å². The van der Waals surface area contributed by atoms with Gasteiger partial charge in [-0.05, 0) is 57.2 Å². The first-order valence-corrected chi connectivity index (χ1v) is 10.8. The molecule has 2 heterocycles. The van der Waals surface area contributed by atoms with Gasteiger partial charge in [0.25, 0.3) is 0 Å². The van der Waals surface area contributed by atoms with Crippen molar-refractivity contribution in [3.05, 3.63) is 35.4 Å². The molecule has 5 atom stereocenters. The number of nitrogens with zero attached hydrogens (tertiary/aromatic N) is 1. The summed E-state index contributed by atoms with van der Waals surface area (Å²) >= 11 is 0. The van der Waals surface area contributed by atoms with Crippen molar-refractivity contribution >= 4 is 17.7 Å². The van der Waals surface area contributed by atoms with Gasteiger partial charge in [-0.3, -0.25) is 14.4 Å². The van der Waals surface area contributed by atoms with Crippen molar-refractivity contribution in [1.29, 1.82) is 0 Å². The van der Waals surface area contributed by atoms with Gasteiger partial charge in [0.1, 0.15) is 18.3 Å². The van der Waals surface area contributed by atoms with Crippen LogP contribution in [0.4, 0.5) is 0 Å². The maximum Gasteiger partial charge on any atom is 0.250 e. The number of ether oxygens (including phenoxy) is 1. The fourth-order valence-corrected chi connectivity index (χ4v) is 4.66. The number of amides is 3. The maximum absolute atomic E-state index is 13.1. The summed E-state index contributed by atoms with van der Waals surface area (Å²) in [7, 11) is 1.68. The van der Waals surface area contributed by atoms with E-state index in [2.05, 4.69) is 28.1 Å². The summed E-state index contributed by atoms with van der Waals surface area (Å²) in [5.74, 6) is -0.659. The lowest BCUT2D eigenvalue weighted by Gasteiger charge is -2.38. The molecule has 4 rings (SSSR count). The molecule has 2 saturated heterocycles. The van der Waals surface area contributed by atoms with Crippen LogP contribution < -0.4 is 16.0 Å². The SMILES string of the molecule is CN[C@@H](C)C(=O)N[C@H]1CO[C@H]2CCC(C(=O)N[C@H]3CCCc4ccccc43)N2C1=O. The van der Waals surface area contributed by atoms with Crippen molar-refractivity contribution in [2.75, 3.05) is 13.7 Å². The Hall–Kier alpha value is -2.45. The minimum absolute atomic E-state index is 0.0331. The van der Waals surface area contributed by atoms with Crippen molar-refractivity contribution in [2.45, 2.75) is 69.4 Å². The molecular weight excluding hydrogens is 384 g/mol. The molecular formula is C22H30N4O4. The van der Waals surface area contributed by atoms with Crippen molar-refractivity contribution < 1.29 is 19.1 Å². The fourth-order valence-electron chi connectivity index (χ4n) is 4.66. The molecule has 3 N–H and O–H groups in total. The second-order valence-electron chi connectivity index (χ2n) is 8.35. The van der Waals surface area contributed by atoms with Crippen molar-refractivity contribution in [3.8, 4) is 0 Å². The topological polar surface area (TPSA) is 99.8 Å². The van der Waals surface area contributed by atoms with Gasteiger partial charge < -0.3 is 25.6 Å². The number of hydrogen-bond donors (Lipinski definition) is 3. The molecule has 2 fully saturated rings.